The van der Waals surface area contributed by atoms with Crippen molar-refractivity contribution < 1.29 is 0 Å². The van der Waals surface area contributed by atoms with Crippen molar-refractivity contribution in [3.63, 3.8) is 0 Å². The van der Waals surface area contributed by atoms with Gasteiger partial charge in [-0.1, -0.05) is 48.5 Å². The van der Waals surface area contributed by atoms with Gasteiger partial charge < -0.3 is 0 Å². The average molecular weight is 383 g/mol. The largest absolute Gasteiger partial charge is 0.298 e. The second kappa shape index (κ2) is 8.05. The third-order valence-electron chi connectivity index (χ3n) is 5.72. The van der Waals surface area contributed by atoms with E-state index >= 15 is 0 Å². The average Bonchev–Trinajstić information content (AvgIpc) is 3.46. The van der Waals surface area contributed by atoms with E-state index in [1.807, 2.05) is 16.9 Å². The van der Waals surface area contributed by atoms with Crippen LogP contribution in [-0.2, 0) is 6.54 Å². The second-order valence-corrected chi connectivity index (χ2v) is 7.74. The molecule has 5 nitrogen and oxygen atoms in total. The van der Waals surface area contributed by atoms with Crippen LogP contribution in [-0.4, -0.2) is 38.0 Å². The predicted molar refractivity (Wildman–Crippen MR) is 115 cm³/mol. The number of likely N-dealkylation sites (tertiary alicyclic amines) is 1. The highest BCUT2D eigenvalue weighted by molar-refractivity contribution is 5.63. The zero-order chi connectivity index (χ0) is 19.5. The van der Waals surface area contributed by atoms with E-state index < -0.39 is 0 Å². The summed E-state index contributed by atoms with van der Waals surface area (Å²) >= 11 is 0. The molecule has 29 heavy (non-hydrogen) atoms. The SMILES string of the molecule is c1ccc(-c2nn(-c3ccccc3)cc2CN2CCCC(c3ccn[nH]3)C2)cc1. The van der Waals surface area contributed by atoms with Crippen molar-refractivity contribution in [1.29, 1.82) is 0 Å². The van der Waals surface area contributed by atoms with Crippen molar-refractivity contribution in [1.82, 2.24) is 24.9 Å². The summed E-state index contributed by atoms with van der Waals surface area (Å²) in [4.78, 5) is 2.55. The van der Waals surface area contributed by atoms with E-state index in [1.165, 1.54) is 29.7 Å². The maximum Gasteiger partial charge on any atom is 0.0972 e. The molecule has 1 aliphatic heterocycles. The molecule has 0 bridgehead atoms. The highest BCUT2D eigenvalue weighted by atomic mass is 15.3. The minimum Gasteiger partial charge on any atom is -0.298 e. The molecule has 0 radical (unpaired) electrons. The van der Waals surface area contributed by atoms with Gasteiger partial charge in [-0.15, -0.1) is 0 Å². The van der Waals surface area contributed by atoms with E-state index in [0.717, 1.165) is 31.0 Å². The fraction of sp³-hybridized carbons (Fsp3) is 0.250. The maximum atomic E-state index is 4.96. The summed E-state index contributed by atoms with van der Waals surface area (Å²) in [5.74, 6) is 0.524. The van der Waals surface area contributed by atoms with Crippen LogP contribution in [0.2, 0.25) is 0 Å². The van der Waals surface area contributed by atoms with Gasteiger partial charge in [0, 0.05) is 48.2 Å². The number of hydrogen-bond acceptors (Lipinski definition) is 3. The number of benzene rings is 2. The Bertz CT molecular complexity index is 1040. The summed E-state index contributed by atoms with van der Waals surface area (Å²) in [5, 5.41) is 12.3. The van der Waals surface area contributed by atoms with Gasteiger partial charge in [0.25, 0.3) is 0 Å². The van der Waals surface area contributed by atoms with Crippen LogP contribution in [0.15, 0.2) is 79.1 Å². The Morgan fingerprint density at radius 3 is 2.52 bits per heavy atom. The fourth-order valence-corrected chi connectivity index (χ4v) is 4.27. The molecule has 1 aliphatic rings. The van der Waals surface area contributed by atoms with E-state index in [-0.39, 0.29) is 0 Å². The van der Waals surface area contributed by atoms with Crippen LogP contribution < -0.4 is 0 Å². The van der Waals surface area contributed by atoms with Crippen LogP contribution in [0.25, 0.3) is 16.9 Å². The molecule has 3 heterocycles. The van der Waals surface area contributed by atoms with E-state index in [9.17, 15) is 0 Å². The Morgan fingerprint density at radius 1 is 0.966 bits per heavy atom. The molecule has 0 amide bonds. The van der Waals surface area contributed by atoms with Gasteiger partial charge in [0.15, 0.2) is 0 Å². The van der Waals surface area contributed by atoms with Gasteiger partial charge in [-0.05, 0) is 37.6 Å². The van der Waals surface area contributed by atoms with Crippen molar-refractivity contribution in [2.45, 2.75) is 25.3 Å². The maximum absolute atomic E-state index is 4.96. The van der Waals surface area contributed by atoms with E-state index in [1.54, 1.807) is 0 Å². The third-order valence-corrected chi connectivity index (χ3v) is 5.72. The van der Waals surface area contributed by atoms with Gasteiger partial charge in [0.2, 0.25) is 0 Å². The Kier molecular flexibility index (Phi) is 4.97. The van der Waals surface area contributed by atoms with Crippen LogP contribution >= 0.6 is 0 Å². The van der Waals surface area contributed by atoms with Gasteiger partial charge in [-0.2, -0.15) is 10.2 Å². The highest BCUT2D eigenvalue weighted by Crippen LogP contribution is 2.29. The Labute approximate surface area is 171 Å². The fourth-order valence-electron chi connectivity index (χ4n) is 4.27. The van der Waals surface area contributed by atoms with E-state index in [2.05, 4.69) is 82.0 Å². The summed E-state index contributed by atoms with van der Waals surface area (Å²) in [6.45, 7) is 3.07. The molecule has 1 N–H and O–H groups in total. The molecule has 146 valence electrons. The first-order valence-electron chi connectivity index (χ1n) is 10.3. The molecular formula is C24H25N5. The summed E-state index contributed by atoms with van der Waals surface area (Å²) in [6, 6.07) is 22.9. The van der Waals surface area contributed by atoms with Gasteiger partial charge >= 0.3 is 0 Å². The van der Waals surface area contributed by atoms with E-state index in [4.69, 9.17) is 5.10 Å². The third kappa shape index (κ3) is 3.87. The number of aromatic nitrogens is 4. The van der Waals surface area contributed by atoms with Crippen molar-refractivity contribution in [2.24, 2.45) is 0 Å². The van der Waals surface area contributed by atoms with Crippen molar-refractivity contribution in [2.75, 3.05) is 13.1 Å². The first kappa shape index (κ1) is 17.9. The molecule has 5 heteroatoms. The monoisotopic (exact) mass is 383 g/mol. The minimum absolute atomic E-state index is 0.524. The number of rotatable bonds is 5. The Hall–Kier alpha value is -3.18. The van der Waals surface area contributed by atoms with Gasteiger partial charge in [-0.3, -0.25) is 10.00 Å². The number of aromatic amines is 1. The lowest BCUT2D eigenvalue weighted by Gasteiger charge is -2.32. The van der Waals surface area contributed by atoms with Crippen LogP contribution in [0.5, 0.6) is 0 Å². The molecule has 5 rings (SSSR count). The topological polar surface area (TPSA) is 49.7 Å². The number of para-hydroxylation sites is 1. The van der Waals surface area contributed by atoms with Crippen LogP contribution in [0.3, 0.4) is 0 Å². The van der Waals surface area contributed by atoms with Crippen molar-refractivity contribution >= 4 is 0 Å². The number of nitrogens with zero attached hydrogens (tertiary/aromatic N) is 4. The van der Waals surface area contributed by atoms with Gasteiger partial charge in [0.1, 0.15) is 0 Å². The molecule has 1 unspecified atom stereocenters. The van der Waals surface area contributed by atoms with Crippen molar-refractivity contribution in [3.8, 4) is 16.9 Å². The predicted octanol–water partition coefficient (Wildman–Crippen LogP) is 4.64. The Morgan fingerprint density at radius 2 is 1.76 bits per heavy atom. The lowest BCUT2D eigenvalue weighted by Crippen LogP contribution is -2.34. The summed E-state index contributed by atoms with van der Waals surface area (Å²) in [6.07, 6.45) is 6.47. The Balaban J connectivity index is 1.44. The quantitative estimate of drug-likeness (QED) is 0.546. The van der Waals surface area contributed by atoms with Crippen molar-refractivity contribution in [3.05, 3.63) is 90.4 Å². The zero-order valence-electron chi connectivity index (χ0n) is 16.4. The molecule has 2 aromatic heterocycles. The summed E-state index contributed by atoms with van der Waals surface area (Å²) in [7, 11) is 0. The molecule has 0 spiro atoms. The van der Waals surface area contributed by atoms with Crippen LogP contribution in [0.4, 0.5) is 0 Å². The molecule has 0 aliphatic carbocycles. The molecule has 1 atom stereocenters. The molecule has 4 aromatic rings. The first-order valence-corrected chi connectivity index (χ1v) is 10.3. The smallest absolute Gasteiger partial charge is 0.0972 e. The number of H-pyrrole nitrogens is 1. The number of hydrogen-bond donors (Lipinski definition) is 1. The molecule has 1 saturated heterocycles. The first-order chi connectivity index (χ1) is 14.4. The van der Waals surface area contributed by atoms with Crippen LogP contribution in [0, 0.1) is 0 Å². The molecular weight excluding hydrogens is 358 g/mol. The normalized spacial score (nSPS) is 17.4. The van der Waals surface area contributed by atoms with Gasteiger partial charge in [-0.25, -0.2) is 4.68 Å². The van der Waals surface area contributed by atoms with E-state index in [0.29, 0.717) is 5.92 Å². The summed E-state index contributed by atoms with van der Waals surface area (Å²) < 4.78 is 2.01. The zero-order valence-corrected chi connectivity index (χ0v) is 16.4. The number of piperidine rings is 1. The standard InChI is InChI=1S/C24H25N5/c1-3-8-19(9-4-1)24-21(18-29(27-24)22-11-5-2-6-12-22)17-28-15-7-10-20(16-28)23-13-14-25-26-23/h1-6,8-9,11-14,18,20H,7,10,15-17H2,(H,25,26). The van der Waals surface area contributed by atoms with Crippen LogP contribution in [0.1, 0.15) is 30.0 Å². The molecule has 1 fully saturated rings. The lowest BCUT2D eigenvalue weighted by molar-refractivity contribution is 0.198. The number of nitrogens with one attached hydrogen (secondary N) is 1. The highest BCUT2D eigenvalue weighted by Gasteiger charge is 2.24. The lowest BCUT2D eigenvalue weighted by atomic mass is 9.94. The minimum atomic E-state index is 0.524. The molecule has 0 saturated carbocycles. The van der Waals surface area contributed by atoms with Gasteiger partial charge in [0.05, 0.1) is 11.4 Å². The second-order valence-electron chi connectivity index (χ2n) is 7.74. The summed E-state index contributed by atoms with van der Waals surface area (Å²) in [5.41, 5.74) is 5.84. The molecule has 2 aromatic carbocycles.